The lowest BCUT2D eigenvalue weighted by Crippen LogP contribution is -2.40. The van der Waals surface area contributed by atoms with E-state index in [-0.39, 0.29) is 23.2 Å². The Bertz CT molecular complexity index is 974. The van der Waals surface area contributed by atoms with Crippen molar-refractivity contribution < 1.29 is 4.39 Å². The first-order chi connectivity index (χ1) is 11.5. The van der Waals surface area contributed by atoms with E-state index in [9.17, 15) is 19.2 Å². The van der Waals surface area contributed by atoms with Gasteiger partial charge in [0, 0.05) is 24.7 Å². The number of halogens is 1. The number of fused-ring (bicyclic) bond motifs is 1. The van der Waals surface area contributed by atoms with Gasteiger partial charge in [0.05, 0.1) is 6.04 Å². The number of aromatic nitrogens is 2. The number of nitrogens with zero attached hydrogens (tertiary/aromatic N) is 3. The van der Waals surface area contributed by atoms with E-state index in [0.717, 1.165) is 10.1 Å². The monoisotopic (exact) mass is 346 g/mol. The van der Waals surface area contributed by atoms with Gasteiger partial charge in [-0.3, -0.25) is 13.9 Å². The first-order valence-electron chi connectivity index (χ1n) is 7.33. The Kier molecular flexibility index (Phi) is 4.20. The second kappa shape index (κ2) is 6.17. The standard InChI is InChI=1S/C16H15FN4O2S/c1-20-14(10(8-18)15(22)21(2)16(20)23)19-12-6-7-24-13-9(12)4-3-5-11(13)17/h3-5,12,19H,6-7H2,1-2H3. The fourth-order valence-corrected chi connectivity index (χ4v) is 3.96. The second-order valence-corrected chi connectivity index (χ2v) is 6.64. The Morgan fingerprint density at radius 1 is 1.33 bits per heavy atom. The van der Waals surface area contributed by atoms with Crippen LogP contribution in [0, 0.1) is 17.1 Å². The van der Waals surface area contributed by atoms with Crippen molar-refractivity contribution in [3.8, 4) is 6.07 Å². The number of hydrogen-bond acceptors (Lipinski definition) is 5. The molecule has 0 saturated heterocycles. The summed E-state index contributed by atoms with van der Waals surface area (Å²) in [5.41, 5.74) is -0.530. The molecule has 1 unspecified atom stereocenters. The van der Waals surface area contributed by atoms with Crippen molar-refractivity contribution in [2.75, 3.05) is 11.1 Å². The highest BCUT2D eigenvalue weighted by atomic mass is 32.2. The second-order valence-electron chi connectivity index (χ2n) is 5.53. The fraction of sp³-hybridized carbons (Fsp3) is 0.312. The average Bonchev–Trinajstić information content (AvgIpc) is 2.59. The molecule has 124 valence electrons. The van der Waals surface area contributed by atoms with Crippen LogP contribution in [0.4, 0.5) is 10.2 Å². The largest absolute Gasteiger partial charge is 0.363 e. The van der Waals surface area contributed by atoms with Gasteiger partial charge in [0.25, 0.3) is 5.56 Å². The normalized spacial score (nSPS) is 16.3. The van der Waals surface area contributed by atoms with Crippen molar-refractivity contribution in [1.82, 2.24) is 9.13 Å². The van der Waals surface area contributed by atoms with Crippen LogP contribution in [-0.4, -0.2) is 14.9 Å². The summed E-state index contributed by atoms with van der Waals surface area (Å²) < 4.78 is 16.1. The predicted molar refractivity (Wildman–Crippen MR) is 89.7 cm³/mol. The number of rotatable bonds is 2. The van der Waals surface area contributed by atoms with Crippen LogP contribution >= 0.6 is 11.8 Å². The molecular formula is C16H15FN4O2S. The van der Waals surface area contributed by atoms with Crippen molar-refractivity contribution in [3.05, 3.63) is 56.0 Å². The van der Waals surface area contributed by atoms with E-state index < -0.39 is 11.2 Å². The third-order valence-corrected chi connectivity index (χ3v) is 5.27. The highest BCUT2D eigenvalue weighted by Gasteiger charge is 2.25. The van der Waals surface area contributed by atoms with Crippen molar-refractivity contribution in [2.24, 2.45) is 14.1 Å². The molecule has 0 radical (unpaired) electrons. The summed E-state index contributed by atoms with van der Waals surface area (Å²) in [4.78, 5) is 24.9. The van der Waals surface area contributed by atoms with Gasteiger partial charge in [-0.15, -0.1) is 11.8 Å². The lowest BCUT2D eigenvalue weighted by atomic mass is 10.0. The Morgan fingerprint density at radius 3 is 2.79 bits per heavy atom. The third kappa shape index (κ3) is 2.51. The average molecular weight is 346 g/mol. The lowest BCUT2D eigenvalue weighted by Gasteiger charge is -2.28. The van der Waals surface area contributed by atoms with Crippen LogP contribution in [0.3, 0.4) is 0 Å². The topological polar surface area (TPSA) is 79.8 Å². The van der Waals surface area contributed by atoms with Crippen LogP contribution in [0.2, 0.25) is 0 Å². The molecule has 6 nitrogen and oxygen atoms in total. The molecule has 1 aliphatic heterocycles. The van der Waals surface area contributed by atoms with E-state index in [1.165, 1.54) is 36.5 Å². The first-order valence-corrected chi connectivity index (χ1v) is 8.32. The van der Waals surface area contributed by atoms with Gasteiger partial charge in [0.2, 0.25) is 0 Å². The lowest BCUT2D eigenvalue weighted by molar-refractivity contribution is 0.583. The van der Waals surface area contributed by atoms with Gasteiger partial charge in [-0.25, -0.2) is 9.18 Å². The fourth-order valence-electron chi connectivity index (χ4n) is 2.82. The predicted octanol–water partition coefficient (Wildman–Crippen LogP) is 1.74. The highest BCUT2D eigenvalue weighted by Crippen LogP contribution is 2.39. The van der Waals surface area contributed by atoms with E-state index >= 15 is 0 Å². The van der Waals surface area contributed by atoms with Crippen LogP contribution in [-0.2, 0) is 14.1 Å². The maximum atomic E-state index is 14.0. The first kappa shape index (κ1) is 16.3. The zero-order chi connectivity index (χ0) is 17.4. The Hall–Kier alpha value is -2.53. The van der Waals surface area contributed by atoms with Crippen LogP contribution in [0.25, 0.3) is 0 Å². The number of anilines is 1. The molecule has 0 amide bonds. The van der Waals surface area contributed by atoms with Gasteiger partial charge in [0.1, 0.15) is 17.7 Å². The van der Waals surface area contributed by atoms with Crippen molar-refractivity contribution >= 4 is 17.6 Å². The smallest absolute Gasteiger partial charge is 0.332 e. The molecule has 1 atom stereocenters. The number of hydrogen-bond donors (Lipinski definition) is 1. The highest BCUT2D eigenvalue weighted by molar-refractivity contribution is 7.99. The van der Waals surface area contributed by atoms with Crippen LogP contribution in [0.1, 0.15) is 23.6 Å². The molecule has 1 aliphatic rings. The Labute approximate surface area is 141 Å². The molecule has 1 aromatic carbocycles. The summed E-state index contributed by atoms with van der Waals surface area (Å²) in [6.45, 7) is 0. The van der Waals surface area contributed by atoms with E-state index in [2.05, 4.69) is 5.32 Å². The third-order valence-electron chi connectivity index (χ3n) is 4.11. The quantitative estimate of drug-likeness (QED) is 0.896. The molecule has 2 heterocycles. The molecule has 0 saturated carbocycles. The summed E-state index contributed by atoms with van der Waals surface area (Å²) in [7, 11) is 2.83. The molecule has 0 bridgehead atoms. The zero-order valence-electron chi connectivity index (χ0n) is 13.2. The van der Waals surface area contributed by atoms with Crippen molar-refractivity contribution in [1.29, 1.82) is 5.26 Å². The summed E-state index contributed by atoms with van der Waals surface area (Å²) in [6.07, 6.45) is 0.690. The summed E-state index contributed by atoms with van der Waals surface area (Å²) in [5.74, 6) is 0.576. The van der Waals surface area contributed by atoms with Crippen LogP contribution in [0.15, 0.2) is 32.7 Å². The molecule has 1 aromatic heterocycles. The Balaban J connectivity index is 2.12. The molecule has 3 rings (SSSR count). The van der Waals surface area contributed by atoms with Gasteiger partial charge in [-0.1, -0.05) is 12.1 Å². The molecule has 1 N–H and O–H groups in total. The molecule has 0 aliphatic carbocycles. The van der Waals surface area contributed by atoms with Gasteiger partial charge in [-0.2, -0.15) is 5.26 Å². The number of nitrogens with one attached hydrogen (secondary N) is 1. The Morgan fingerprint density at radius 2 is 2.08 bits per heavy atom. The molecule has 0 fully saturated rings. The maximum Gasteiger partial charge on any atom is 0.332 e. The number of nitriles is 1. The molecule has 24 heavy (non-hydrogen) atoms. The maximum absolute atomic E-state index is 14.0. The van der Waals surface area contributed by atoms with Gasteiger partial charge >= 0.3 is 5.69 Å². The van der Waals surface area contributed by atoms with Crippen molar-refractivity contribution in [2.45, 2.75) is 17.4 Å². The van der Waals surface area contributed by atoms with Gasteiger partial charge in [-0.05, 0) is 18.1 Å². The zero-order valence-corrected chi connectivity index (χ0v) is 14.0. The van der Waals surface area contributed by atoms with E-state index in [1.54, 1.807) is 6.07 Å². The van der Waals surface area contributed by atoms with E-state index in [4.69, 9.17) is 0 Å². The van der Waals surface area contributed by atoms with Gasteiger partial charge in [0.15, 0.2) is 5.56 Å². The number of thioether (sulfide) groups is 1. The minimum atomic E-state index is -0.646. The van der Waals surface area contributed by atoms with Crippen LogP contribution in [0.5, 0.6) is 0 Å². The van der Waals surface area contributed by atoms with E-state index in [1.807, 2.05) is 12.1 Å². The summed E-state index contributed by atoms with van der Waals surface area (Å²) >= 11 is 1.44. The minimum Gasteiger partial charge on any atom is -0.363 e. The SMILES string of the molecule is Cn1c(NC2CCSc3c(F)cccc32)c(C#N)c(=O)n(C)c1=O. The number of benzene rings is 1. The summed E-state index contributed by atoms with van der Waals surface area (Å²) in [6, 6.07) is 6.43. The van der Waals surface area contributed by atoms with Crippen LogP contribution < -0.4 is 16.6 Å². The molecule has 8 heteroatoms. The van der Waals surface area contributed by atoms with Crippen molar-refractivity contribution in [3.63, 3.8) is 0 Å². The van der Waals surface area contributed by atoms with Gasteiger partial charge < -0.3 is 5.32 Å². The molecule has 0 spiro atoms. The molecular weight excluding hydrogens is 331 g/mol. The van der Waals surface area contributed by atoms with E-state index in [0.29, 0.717) is 17.1 Å². The summed E-state index contributed by atoms with van der Waals surface area (Å²) in [5, 5.41) is 12.4. The minimum absolute atomic E-state index is 0.129. The molecule has 2 aromatic rings.